The quantitative estimate of drug-likeness (QED) is 0.753. The minimum atomic E-state index is -0.874. The summed E-state index contributed by atoms with van der Waals surface area (Å²) in [5.74, 6) is -0.485. The minimum Gasteiger partial charge on any atom is -0.342 e. The van der Waals surface area contributed by atoms with Crippen molar-refractivity contribution in [2.24, 2.45) is 0 Å². The molecule has 1 aliphatic heterocycles. The highest BCUT2D eigenvalue weighted by atomic mass is 79.9. The van der Waals surface area contributed by atoms with Gasteiger partial charge < -0.3 is 9.47 Å². The third-order valence-corrected chi connectivity index (χ3v) is 4.18. The first kappa shape index (κ1) is 13.9. The van der Waals surface area contributed by atoms with Crippen molar-refractivity contribution >= 4 is 50.7 Å². The lowest BCUT2D eigenvalue weighted by molar-refractivity contribution is -0.154. The second-order valence-electron chi connectivity index (χ2n) is 3.72. The fourth-order valence-corrected chi connectivity index (χ4v) is 3.02. The summed E-state index contributed by atoms with van der Waals surface area (Å²) in [6.07, 6.45) is -0.124. The fraction of sp³-hybridized carbons (Fsp3) is 0.455. The van der Waals surface area contributed by atoms with E-state index in [4.69, 9.17) is 44.3 Å². The smallest absolute Gasteiger partial charge is 0.206 e. The molecule has 1 heterocycles. The van der Waals surface area contributed by atoms with Crippen molar-refractivity contribution in [2.75, 3.05) is 17.8 Å². The molecule has 2 nitrogen and oxygen atoms in total. The van der Waals surface area contributed by atoms with Crippen molar-refractivity contribution in [3.8, 4) is 0 Å². The monoisotopic (exact) mass is 358 g/mol. The lowest BCUT2D eigenvalue weighted by Gasteiger charge is -2.27. The zero-order valence-electron chi connectivity index (χ0n) is 8.76. The molecule has 1 aliphatic rings. The molecule has 0 aromatic heterocycles. The molecule has 0 unspecified atom stereocenters. The van der Waals surface area contributed by atoms with Crippen LogP contribution in [0.3, 0.4) is 0 Å². The first-order chi connectivity index (χ1) is 8.11. The van der Waals surface area contributed by atoms with Crippen molar-refractivity contribution in [3.05, 3.63) is 33.8 Å². The predicted molar refractivity (Wildman–Crippen MR) is 73.5 cm³/mol. The molecule has 0 spiro atoms. The van der Waals surface area contributed by atoms with E-state index in [1.807, 2.05) is 6.07 Å². The molecule has 17 heavy (non-hydrogen) atoms. The average Bonchev–Trinajstić information content (AvgIpc) is 2.74. The third-order valence-electron chi connectivity index (χ3n) is 2.55. The van der Waals surface area contributed by atoms with Gasteiger partial charge in [-0.1, -0.05) is 45.2 Å². The maximum Gasteiger partial charge on any atom is 0.206 e. The van der Waals surface area contributed by atoms with E-state index in [2.05, 4.69) is 15.9 Å². The zero-order valence-corrected chi connectivity index (χ0v) is 12.6. The van der Waals surface area contributed by atoms with Crippen LogP contribution in [0.2, 0.25) is 10.0 Å². The maximum atomic E-state index is 6.17. The van der Waals surface area contributed by atoms with Crippen molar-refractivity contribution in [2.45, 2.75) is 11.9 Å². The Morgan fingerprint density at radius 1 is 1.41 bits per heavy atom. The topological polar surface area (TPSA) is 18.5 Å². The van der Waals surface area contributed by atoms with E-state index in [0.717, 1.165) is 5.56 Å². The molecular formula is C11H10BrCl3O2. The van der Waals surface area contributed by atoms with Gasteiger partial charge in [-0.3, -0.25) is 0 Å². The molecule has 94 valence electrons. The Balaban J connectivity index is 2.35. The van der Waals surface area contributed by atoms with Crippen LogP contribution in [0.1, 0.15) is 5.56 Å². The molecule has 1 fully saturated rings. The summed E-state index contributed by atoms with van der Waals surface area (Å²) in [7, 11) is 0. The van der Waals surface area contributed by atoms with Gasteiger partial charge >= 0.3 is 0 Å². The predicted octanol–water partition coefficient (Wildman–Crippen LogP) is 4.20. The van der Waals surface area contributed by atoms with Crippen molar-refractivity contribution in [1.29, 1.82) is 0 Å². The molecule has 1 aromatic rings. The third kappa shape index (κ3) is 2.75. The SMILES string of the molecule is ClC[C@@H]1CO[C@](CBr)(c2ccc(Cl)cc2Cl)O1. The van der Waals surface area contributed by atoms with Gasteiger partial charge in [-0.05, 0) is 12.1 Å². The second-order valence-corrected chi connectivity index (χ2v) is 5.43. The first-order valence-electron chi connectivity index (χ1n) is 5.00. The number of halogens is 4. The molecule has 0 bridgehead atoms. The lowest BCUT2D eigenvalue weighted by Crippen LogP contribution is -2.30. The van der Waals surface area contributed by atoms with Gasteiger partial charge in [-0.15, -0.1) is 11.6 Å². The highest BCUT2D eigenvalue weighted by Crippen LogP contribution is 2.40. The van der Waals surface area contributed by atoms with Gasteiger partial charge in [0.1, 0.15) is 0 Å². The van der Waals surface area contributed by atoms with E-state index < -0.39 is 5.79 Å². The zero-order chi connectivity index (χ0) is 12.5. The normalized spacial score (nSPS) is 28.6. The first-order valence-corrected chi connectivity index (χ1v) is 7.42. The van der Waals surface area contributed by atoms with Crippen LogP contribution < -0.4 is 0 Å². The number of rotatable bonds is 3. The highest BCUT2D eigenvalue weighted by Gasteiger charge is 2.43. The van der Waals surface area contributed by atoms with Crippen LogP contribution in [0.4, 0.5) is 0 Å². The molecule has 6 heteroatoms. The Kier molecular flexibility index (Phi) is 4.61. The van der Waals surface area contributed by atoms with Crippen LogP contribution in [0.5, 0.6) is 0 Å². The number of hydrogen-bond donors (Lipinski definition) is 0. The molecule has 1 aromatic carbocycles. The van der Waals surface area contributed by atoms with Gasteiger partial charge in [0.25, 0.3) is 0 Å². The van der Waals surface area contributed by atoms with Crippen LogP contribution in [0.25, 0.3) is 0 Å². The highest BCUT2D eigenvalue weighted by molar-refractivity contribution is 9.09. The van der Waals surface area contributed by atoms with Gasteiger partial charge in [0, 0.05) is 10.6 Å². The van der Waals surface area contributed by atoms with Gasteiger partial charge in [0.05, 0.1) is 28.9 Å². The van der Waals surface area contributed by atoms with E-state index in [-0.39, 0.29) is 6.10 Å². The Morgan fingerprint density at radius 3 is 2.71 bits per heavy atom. The molecule has 0 aliphatic carbocycles. The van der Waals surface area contributed by atoms with E-state index in [1.165, 1.54) is 0 Å². The van der Waals surface area contributed by atoms with E-state index in [0.29, 0.717) is 27.9 Å². The molecule has 0 amide bonds. The van der Waals surface area contributed by atoms with Crippen LogP contribution in [0, 0.1) is 0 Å². The Bertz CT molecular complexity index is 416. The molecule has 2 atom stereocenters. The number of hydrogen-bond acceptors (Lipinski definition) is 2. The Hall–Kier alpha value is 0.490. The van der Waals surface area contributed by atoms with Crippen molar-refractivity contribution in [3.63, 3.8) is 0 Å². The van der Waals surface area contributed by atoms with E-state index in [1.54, 1.807) is 12.1 Å². The molecule has 0 radical (unpaired) electrons. The van der Waals surface area contributed by atoms with Crippen LogP contribution >= 0.6 is 50.7 Å². The molecule has 1 saturated heterocycles. The largest absolute Gasteiger partial charge is 0.342 e. The number of ether oxygens (including phenoxy) is 2. The van der Waals surface area contributed by atoms with Crippen molar-refractivity contribution < 1.29 is 9.47 Å². The Morgan fingerprint density at radius 2 is 2.18 bits per heavy atom. The summed E-state index contributed by atoms with van der Waals surface area (Å²) >= 11 is 21.2. The van der Waals surface area contributed by atoms with Gasteiger partial charge in [0.15, 0.2) is 0 Å². The lowest BCUT2D eigenvalue weighted by atomic mass is 10.1. The minimum absolute atomic E-state index is 0.124. The molecule has 0 saturated carbocycles. The van der Waals surface area contributed by atoms with Gasteiger partial charge in [0.2, 0.25) is 5.79 Å². The molecule has 2 rings (SSSR count). The second kappa shape index (κ2) is 5.64. The van der Waals surface area contributed by atoms with E-state index in [9.17, 15) is 0 Å². The summed E-state index contributed by atoms with van der Waals surface area (Å²) in [6.45, 7) is 0.452. The van der Waals surface area contributed by atoms with Gasteiger partial charge in [-0.2, -0.15) is 0 Å². The summed E-state index contributed by atoms with van der Waals surface area (Å²) in [6, 6.07) is 5.24. The molecular weight excluding hydrogens is 350 g/mol. The van der Waals surface area contributed by atoms with Crippen molar-refractivity contribution in [1.82, 2.24) is 0 Å². The fourth-order valence-electron chi connectivity index (χ4n) is 1.72. The van der Waals surface area contributed by atoms with Gasteiger partial charge in [-0.25, -0.2) is 0 Å². The van der Waals surface area contributed by atoms with Crippen LogP contribution in [-0.4, -0.2) is 23.9 Å². The average molecular weight is 360 g/mol. The summed E-state index contributed by atoms with van der Waals surface area (Å²) < 4.78 is 11.5. The standard InChI is InChI=1S/C11H10BrCl3O2/c12-6-11(16-5-8(4-13)17-11)9-2-1-7(14)3-10(9)15/h1-3,8H,4-6H2/t8-,11+/m1/s1. The van der Waals surface area contributed by atoms with Crippen LogP contribution in [-0.2, 0) is 15.3 Å². The van der Waals surface area contributed by atoms with E-state index >= 15 is 0 Å². The maximum absolute atomic E-state index is 6.17. The summed E-state index contributed by atoms with van der Waals surface area (Å²) in [5.41, 5.74) is 0.757. The number of benzene rings is 1. The Labute approximate surface area is 123 Å². The number of alkyl halides is 2. The summed E-state index contributed by atoms with van der Waals surface area (Å²) in [5, 5.41) is 1.58. The molecule has 0 N–H and O–H groups in total. The summed E-state index contributed by atoms with van der Waals surface area (Å²) in [4.78, 5) is 0. The van der Waals surface area contributed by atoms with Crippen LogP contribution in [0.15, 0.2) is 18.2 Å².